The minimum absolute atomic E-state index is 0.229. The maximum Gasteiger partial charge on any atom is 0.298 e. The average Bonchev–Trinajstić information content (AvgIpc) is 3.35. The maximum atomic E-state index is 9.65. The van der Waals surface area contributed by atoms with Gasteiger partial charge in [-0.15, -0.1) is 11.3 Å². The number of piperidine rings is 1. The summed E-state index contributed by atoms with van der Waals surface area (Å²) in [6.45, 7) is 2.98. The molecule has 1 aromatic carbocycles. The number of hydrogen-bond donors (Lipinski definition) is 2. The molecule has 6 heteroatoms. The van der Waals surface area contributed by atoms with Crippen molar-refractivity contribution in [1.82, 2.24) is 10.3 Å². The van der Waals surface area contributed by atoms with Crippen molar-refractivity contribution in [3.63, 3.8) is 0 Å². The Labute approximate surface area is 157 Å². The van der Waals surface area contributed by atoms with Crippen LogP contribution in [0.25, 0.3) is 11.1 Å². The molecule has 0 amide bonds. The highest BCUT2D eigenvalue weighted by atomic mass is 32.1. The number of nitrogens with zero attached hydrogens (tertiary/aromatic N) is 2. The van der Waals surface area contributed by atoms with Crippen molar-refractivity contribution in [3.8, 4) is 0 Å². The van der Waals surface area contributed by atoms with Crippen molar-refractivity contribution in [1.29, 1.82) is 0 Å². The largest absolute Gasteiger partial charge is 0.423 e. The van der Waals surface area contributed by atoms with Gasteiger partial charge in [0, 0.05) is 37.2 Å². The van der Waals surface area contributed by atoms with E-state index in [-0.39, 0.29) is 12.5 Å². The van der Waals surface area contributed by atoms with Gasteiger partial charge in [0.1, 0.15) is 5.52 Å². The van der Waals surface area contributed by atoms with Gasteiger partial charge >= 0.3 is 0 Å². The van der Waals surface area contributed by atoms with Gasteiger partial charge in [-0.25, -0.2) is 0 Å². The molecule has 2 aromatic heterocycles. The second-order valence-corrected chi connectivity index (χ2v) is 8.00. The van der Waals surface area contributed by atoms with Gasteiger partial charge in [0.15, 0.2) is 5.58 Å². The summed E-state index contributed by atoms with van der Waals surface area (Å²) in [6.07, 6.45) is 3.08. The molecule has 0 spiro atoms. The van der Waals surface area contributed by atoms with E-state index < -0.39 is 0 Å². The third kappa shape index (κ3) is 4.09. The highest BCUT2D eigenvalue weighted by Crippen LogP contribution is 2.24. The summed E-state index contributed by atoms with van der Waals surface area (Å²) in [5.41, 5.74) is 1.77. The summed E-state index contributed by atoms with van der Waals surface area (Å²) in [4.78, 5) is 8.17. The lowest BCUT2D eigenvalue weighted by atomic mass is 10.0. The molecule has 1 aliphatic heterocycles. The minimum atomic E-state index is 0.229. The Morgan fingerprint density at radius 2 is 2.08 bits per heavy atom. The number of para-hydroxylation sites is 2. The SMILES string of the molecule is OC[C@H](CNC1CCN(c2nc3ccccc3o2)CC1)Cc1cccs1. The van der Waals surface area contributed by atoms with E-state index in [4.69, 9.17) is 4.42 Å². The molecule has 138 valence electrons. The molecule has 0 unspecified atom stereocenters. The smallest absolute Gasteiger partial charge is 0.298 e. The molecule has 0 bridgehead atoms. The van der Waals surface area contributed by atoms with Gasteiger partial charge in [0.05, 0.1) is 0 Å². The van der Waals surface area contributed by atoms with Crippen molar-refractivity contribution < 1.29 is 9.52 Å². The standard InChI is InChI=1S/C20H25N3O2S/c24-14-15(12-17-4-3-11-26-17)13-21-16-7-9-23(10-8-16)20-22-18-5-1-2-6-19(18)25-20/h1-6,11,15-16,21,24H,7-10,12-14H2/t15-/m0/s1. The van der Waals surface area contributed by atoms with Crippen molar-refractivity contribution in [2.45, 2.75) is 25.3 Å². The van der Waals surface area contributed by atoms with Crippen LogP contribution in [0.5, 0.6) is 0 Å². The first-order chi connectivity index (χ1) is 12.8. The van der Waals surface area contributed by atoms with Gasteiger partial charge < -0.3 is 19.7 Å². The zero-order chi connectivity index (χ0) is 17.8. The van der Waals surface area contributed by atoms with Crippen molar-refractivity contribution in [3.05, 3.63) is 46.7 Å². The number of thiophene rings is 1. The lowest BCUT2D eigenvalue weighted by Gasteiger charge is -2.32. The molecule has 0 saturated carbocycles. The van der Waals surface area contributed by atoms with Gasteiger partial charge in [0.25, 0.3) is 6.01 Å². The van der Waals surface area contributed by atoms with Crippen molar-refractivity contribution in [2.24, 2.45) is 5.92 Å². The first-order valence-corrected chi connectivity index (χ1v) is 10.2. The number of aliphatic hydroxyl groups is 1. The zero-order valence-corrected chi connectivity index (χ0v) is 15.6. The Balaban J connectivity index is 1.26. The molecule has 4 rings (SSSR count). The molecule has 1 fully saturated rings. The lowest BCUT2D eigenvalue weighted by Crippen LogP contribution is -2.44. The number of anilines is 1. The summed E-state index contributed by atoms with van der Waals surface area (Å²) < 4.78 is 5.88. The summed E-state index contributed by atoms with van der Waals surface area (Å²) in [6, 6.07) is 13.3. The maximum absolute atomic E-state index is 9.65. The second kappa shape index (κ2) is 8.20. The van der Waals surface area contributed by atoms with Crippen molar-refractivity contribution >= 4 is 28.5 Å². The third-order valence-electron chi connectivity index (χ3n) is 5.07. The van der Waals surface area contributed by atoms with Crippen LogP contribution in [0.4, 0.5) is 6.01 Å². The third-order valence-corrected chi connectivity index (χ3v) is 5.97. The predicted octanol–water partition coefficient (Wildman–Crippen LogP) is 3.30. The number of hydrogen-bond acceptors (Lipinski definition) is 6. The monoisotopic (exact) mass is 371 g/mol. The molecule has 3 aromatic rings. The first kappa shape index (κ1) is 17.5. The van der Waals surface area contributed by atoms with Gasteiger partial charge in [0.2, 0.25) is 0 Å². The van der Waals surface area contributed by atoms with Crippen LogP contribution in [-0.2, 0) is 6.42 Å². The normalized spacial score (nSPS) is 17.0. The Hall–Kier alpha value is -1.89. The fourth-order valence-electron chi connectivity index (χ4n) is 3.52. The molecule has 2 N–H and O–H groups in total. The van der Waals surface area contributed by atoms with Crippen LogP contribution >= 0.6 is 11.3 Å². The summed E-state index contributed by atoms with van der Waals surface area (Å²) >= 11 is 1.76. The topological polar surface area (TPSA) is 61.5 Å². The van der Waals surface area contributed by atoms with E-state index >= 15 is 0 Å². The number of nitrogens with one attached hydrogen (secondary N) is 1. The molecule has 5 nitrogen and oxygen atoms in total. The average molecular weight is 372 g/mol. The molecule has 0 aliphatic carbocycles. The van der Waals surface area contributed by atoms with Crippen LogP contribution in [0.2, 0.25) is 0 Å². The van der Waals surface area contributed by atoms with Crippen LogP contribution < -0.4 is 10.2 Å². The summed E-state index contributed by atoms with van der Waals surface area (Å²) in [5, 5.41) is 15.4. The van der Waals surface area contributed by atoms with E-state index in [1.807, 2.05) is 24.3 Å². The number of aromatic nitrogens is 1. The highest BCUT2D eigenvalue weighted by molar-refractivity contribution is 7.09. The van der Waals surface area contributed by atoms with Crippen LogP contribution in [-0.4, -0.2) is 42.4 Å². The summed E-state index contributed by atoms with van der Waals surface area (Å²) in [5.74, 6) is 0.281. The van der Waals surface area contributed by atoms with Crippen molar-refractivity contribution in [2.75, 3.05) is 31.1 Å². The molecule has 26 heavy (non-hydrogen) atoms. The van der Waals surface area contributed by atoms with E-state index in [2.05, 4.69) is 32.7 Å². The lowest BCUT2D eigenvalue weighted by molar-refractivity contribution is 0.215. The van der Waals surface area contributed by atoms with Crippen LogP contribution in [0.1, 0.15) is 17.7 Å². The molecular weight excluding hydrogens is 346 g/mol. The zero-order valence-electron chi connectivity index (χ0n) is 14.8. The van der Waals surface area contributed by atoms with E-state index in [0.29, 0.717) is 6.04 Å². The molecule has 1 saturated heterocycles. The Morgan fingerprint density at radius 3 is 2.81 bits per heavy atom. The fourth-order valence-corrected chi connectivity index (χ4v) is 4.34. The Bertz CT molecular complexity index is 776. The predicted molar refractivity (Wildman–Crippen MR) is 106 cm³/mol. The number of aliphatic hydroxyl groups excluding tert-OH is 1. The van der Waals surface area contributed by atoms with E-state index in [9.17, 15) is 5.11 Å². The van der Waals surface area contributed by atoms with Gasteiger partial charge in [-0.2, -0.15) is 4.98 Å². The second-order valence-electron chi connectivity index (χ2n) is 6.97. The quantitative estimate of drug-likeness (QED) is 0.667. The minimum Gasteiger partial charge on any atom is -0.423 e. The van der Waals surface area contributed by atoms with Crippen LogP contribution in [0, 0.1) is 5.92 Å². The van der Waals surface area contributed by atoms with Gasteiger partial charge in [-0.1, -0.05) is 18.2 Å². The summed E-state index contributed by atoms with van der Waals surface area (Å²) in [7, 11) is 0. The van der Waals surface area contributed by atoms with Crippen LogP contribution in [0.15, 0.2) is 46.2 Å². The molecule has 1 aliphatic rings. The number of benzene rings is 1. The molecule has 1 atom stereocenters. The molecule has 0 radical (unpaired) electrons. The number of oxazole rings is 1. The van der Waals surface area contributed by atoms with Crippen LogP contribution in [0.3, 0.4) is 0 Å². The highest BCUT2D eigenvalue weighted by Gasteiger charge is 2.23. The molecular formula is C20H25N3O2S. The van der Waals surface area contributed by atoms with E-state index in [1.165, 1.54) is 4.88 Å². The van der Waals surface area contributed by atoms with Gasteiger partial charge in [-0.05, 0) is 48.8 Å². The number of fused-ring (bicyclic) bond motifs is 1. The number of rotatable bonds is 7. The molecule has 3 heterocycles. The Morgan fingerprint density at radius 1 is 1.23 bits per heavy atom. The van der Waals surface area contributed by atoms with E-state index in [1.54, 1.807) is 11.3 Å². The van der Waals surface area contributed by atoms with Gasteiger partial charge in [-0.3, -0.25) is 0 Å². The Kier molecular flexibility index (Phi) is 5.53. The first-order valence-electron chi connectivity index (χ1n) is 9.29. The van der Waals surface area contributed by atoms with E-state index in [0.717, 1.165) is 56.0 Å². The fraction of sp³-hybridized carbons (Fsp3) is 0.450.